The Labute approximate surface area is 171 Å². The van der Waals surface area contributed by atoms with Crippen molar-refractivity contribution < 1.29 is 9.59 Å². The van der Waals surface area contributed by atoms with Crippen LogP contribution in [0.3, 0.4) is 0 Å². The number of rotatable bonds is 6. The maximum Gasteiger partial charge on any atom is 0.288 e. The van der Waals surface area contributed by atoms with E-state index in [-0.39, 0.29) is 17.6 Å². The molecule has 1 aromatic heterocycles. The molecule has 0 unspecified atom stereocenters. The average Bonchev–Trinajstić information content (AvgIpc) is 3.22. The molecule has 2 heterocycles. The minimum Gasteiger partial charge on any atom is -0.355 e. The van der Waals surface area contributed by atoms with Crippen molar-refractivity contribution >= 4 is 17.6 Å². The molecule has 1 fully saturated rings. The van der Waals surface area contributed by atoms with Gasteiger partial charge < -0.3 is 20.9 Å². The molecule has 1 aliphatic rings. The van der Waals surface area contributed by atoms with E-state index in [9.17, 15) is 9.59 Å². The van der Waals surface area contributed by atoms with Gasteiger partial charge in [0.25, 0.3) is 11.8 Å². The number of carbonyl (C=O) groups excluding carboxylic acids is 2. The van der Waals surface area contributed by atoms with Gasteiger partial charge in [0.1, 0.15) is 5.82 Å². The van der Waals surface area contributed by atoms with Crippen LogP contribution in [0.15, 0.2) is 24.3 Å². The molecule has 3 N–H and O–H groups in total. The standard InChI is InChI=1S/C21H28N6O2/c1-13-14(2)25-18(21(29)23-4)26-19(13)27-10-9-17(12-27)24-11-15-5-7-16(8-6-15)20(28)22-3/h5-8,17,24H,9-12H2,1-4H3,(H,22,28)(H,23,29)/t17-/m1/s1. The molecule has 0 saturated carbocycles. The van der Waals surface area contributed by atoms with E-state index in [2.05, 4.69) is 30.8 Å². The van der Waals surface area contributed by atoms with E-state index in [1.54, 1.807) is 14.1 Å². The number of hydrogen-bond acceptors (Lipinski definition) is 6. The molecule has 1 aromatic carbocycles. The normalized spacial score (nSPS) is 16.0. The van der Waals surface area contributed by atoms with E-state index >= 15 is 0 Å². The van der Waals surface area contributed by atoms with Crippen molar-refractivity contribution in [3.8, 4) is 0 Å². The van der Waals surface area contributed by atoms with Crippen LogP contribution in [0.2, 0.25) is 0 Å². The molecule has 29 heavy (non-hydrogen) atoms. The van der Waals surface area contributed by atoms with E-state index in [4.69, 9.17) is 0 Å². The van der Waals surface area contributed by atoms with Crippen LogP contribution < -0.4 is 20.9 Å². The lowest BCUT2D eigenvalue weighted by atomic mass is 10.1. The summed E-state index contributed by atoms with van der Waals surface area (Å²) in [7, 11) is 3.21. The van der Waals surface area contributed by atoms with Gasteiger partial charge in [0, 0.05) is 56.6 Å². The van der Waals surface area contributed by atoms with E-state index in [0.29, 0.717) is 11.6 Å². The van der Waals surface area contributed by atoms with Crippen LogP contribution in [-0.2, 0) is 6.54 Å². The number of nitrogens with zero attached hydrogens (tertiary/aromatic N) is 3. The van der Waals surface area contributed by atoms with Gasteiger partial charge >= 0.3 is 0 Å². The zero-order valence-electron chi connectivity index (χ0n) is 17.4. The Bertz CT molecular complexity index is 897. The summed E-state index contributed by atoms with van der Waals surface area (Å²) in [5.41, 5.74) is 3.61. The summed E-state index contributed by atoms with van der Waals surface area (Å²) in [6.45, 7) is 6.32. The number of aryl methyl sites for hydroxylation is 1. The number of nitrogens with one attached hydrogen (secondary N) is 3. The zero-order valence-corrected chi connectivity index (χ0v) is 17.4. The molecule has 154 valence electrons. The van der Waals surface area contributed by atoms with E-state index in [1.165, 1.54) is 0 Å². The molecule has 8 nitrogen and oxygen atoms in total. The highest BCUT2D eigenvalue weighted by atomic mass is 16.2. The summed E-state index contributed by atoms with van der Waals surface area (Å²) in [4.78, 5) is 34.6. The van der Waals surface area contributed by atoms with Gasteiger partial charge in [-0.25, -0.2) is 9.97 Å². The van der Waals surface area contributed by atoms with Crippen LogP contribution in [0.25, 0.3) is 0 Å². The number of aromatic nitrogens is 2. The summed E-state index contributed by atoms with van der Waals surface area (Å²) >= 11 is 0. The van der Waals surface area contributed by atoms with Crippen molar-refractivity contribution in [2.24, 2.45) is 0 Å². The van der Waals surface area contributed by atoms with E-state index in [0.717, 1.165) is 48.7 Å². The first kappa shape index (κ1) is 20.7. The number of anilines is 1. The van der Waals surface area contributed by atoms with Crippen molar-refractivity contribution in [2.45, 2.75) is 32.9 Å². The highest BCUT2D eigenvalue weighted by molar-refractivity contribution is 5.94. The molecule has 2 amide bonds. The Hall–Kier alpha value is -3.00. The van der Waals surface area contributed by atoms with Gasteiger partial charge in [0.2, 0.25) is 5.82 Å². The summed E-state index contributed by atoms with van der Waals surface area (Å²) in [5, 5.41) is 8.79. The minimum absolute atomic E-state index is 0.0809. The van der Waals surface area contributed by atoms with E-state index in [1.807, 2.05) is 38.1 Å². The highest BCUT2D eigenvalue weighted by Gasteiger charge is 2.26. The smallest absolute Gasteiger partial charge is 0.288 e. The van der Waals surface area contributed by atoms with Gasteiger partial charge in [-0.1, -0.05) is 12.1 Å². The van der Waals surface area contributed by atoms with Gasteiger partial charge in [0.15, 0.2) is 0 Å². The monoisotopic (exact) mass is 396 g/mol. The van der Waals surface area contributed by atoms with Gasteiger partial charge in [0.05, 0.1) is 0 Å². The highest BCUT2D eigenvalue weighted by Crippen LogP contribution is 2.24. The second kappa shape index (κ2) is 9.00. The summed E-state index contributed by atoms with van der Waals surface area (Å²) in [5.74, 6) is 0.680. The van der Waals surface area contributed by atoms with Crippen LogP contribution in [-0.4, -0.2) is 55.0 Å². The molecular formula is C21H28N6O2. The largest absolute Gasteiger partial charge is 0.355 e. The fourth-order valence-electron chi connectivity index (χ4n) is 3.43. The predicted molar refractivity (Wildman–Crippen MR) is 112 cm³/mol. The van der Waals surface area contributed by atoms with Crippen molar-refractivity contribution in [3.05, 3.63) is 52.5 Å². The van der Waals surface area contributed by atoms with Crippen molar-refractivity contribution in [1.82, 2.24) is 25.9 Å². The van der Waals surface area contributed by atoms with Gasteiger partial charge in [-0.3, -0.25) is 9.59 Å². The second-order valence-electron chi connectivity index (χ2n) is 7.25. The first-order valence-electron chi connectivity index (χ1n) is 9.79. The first-order chi connectivity index (χ1) is 13.9. The number of hydrogen-bond donors (Lipinski definition) is 3. The molecule has 8 heteroatoms. The number of amides is 2. The molecule has 1 saturated heterocycles. The van der Waals surface area contributed by atoms with Crippen LogP contribution in [0, 0.1) is 13.8 Å². The van der Waals surface area contributed by atoms with Crippen LogP contribution in [0.1, 0.15) is 44.2 Å². The molecule has 0 spiro atoms. The number of benzene rings is 1. The lowest BCUT2D eigenvalue weighted by Crippen LogP contribution is -2.33. The fourth-order valence-corrected chi connectivity index (χ4v) is 3.43. The van der Waals surface area contributed by atoms with Gasteiger partial charge in [-0.05, 0) is 38.0 Å². The maximum absolute atomic E-state index is 12.0. The average molecular weight is 396 g/mol. The van der Waals surface area contributed by atoms with Crippen LogP contribution >= 0.6 is 0 Å². The fraction of sp³-hybridized carbons (Fsp3) is 0.429. The number of carbonyl (C=O) groups is 2. The minimum atomic E-state index is -0.275. The molecule has 0 bridgehead atoms. The quantitative estimate of drug-likeness (QED) is 0.678. The molecular weight excluding hydrogens is 368 g/mol. The molecule has 3 rings (SSSR count). The third-order valence-corrected chi connectivity index (χ3v) is 5.32. The predicted octanol–water partition coefficient (Wildman–Crippen LogP) is 1.18. The SMILES string of the molecule is CNC(=O)c1ccc(CN[C@@H]2CCN(c3nc(C(=O)NC)nc(C)c3C)C2)cc1. The molecule has 0 radical (unpaired) electrons. The van der Waals surface area contributed by atoms with Crippen molar-refractivity contribution in [3.63, 3.8) is 0 Å². The summed E-state index contributed by atoms with van der Waals surface area (Å²) < 4.78 is 0. The Balaban J connectivity index is 1.62. The lowest BCUT2D eigenvalue weighted by Gasteiger charge is -2.21. The first-order valence-corrected chi connectivity index (χ1v) is 9.79. The summed E-state index contributed by atoms with van der Waals surface area (Å²) in [6.07, 6.45) is 0.994. The molecule has 1 aliphatic heterocycles. The summed E-state index contributed by atoms with van der Waals surface area (Å²) in [6, 6.07) is 7.94. The Kier molecular flexibility index (Phi) is 6.43. The Morgan fingerprint density at radius 1 is 1.07 bits per heavy atom. The van der Waals surface area contributed by atoms with Crippen molar-refractivity contribution in [2.75, 3.05) is 32.1 Å². The molecule has 2 aromatic rings. The Morgan fingerprint density at radius 2 is 1.76 bits per heavy atom. The van der Waals surface area contributed by atoms with Crippen LogP contribution in [0.4, 0.5) is 5.82 Å². The third-order valence-electron chi connectivity index (χ3n) is 5.32. The molecule has 0 aliphatic carbocycles. The van der Waals surface area contributed by atoms with Gasteiger partial charge in [-0.2, -0.15) is 0 Å². The second-order valence-corrected chi connectivity index (χ2v) is 7.25. The third kappa shape index (κ3) is 4.71. The van der Waals surface area contributed by atoms with Gasteiger partial charge in [-0.15, -0.1) is 0 Å². The Morgan fingerprint density at radius 3 is 2.41 bits per heavy atom. The topological polar surface area (TPSA) is 99.3 Å². The lowest BCUT2D eigenvalue weighted by molar-refractivity contribution is 0.0948. The maximum atomic E-state index is 12.0. The van der Waals surface area contributed by atoms with Crippen molar-refractivity contribution in [1.29, 1.82) is 0 Å². The molecule has 1 atom stereocenters. The zero-order chi connectivity index (χ0) is 21.0. The van der Waals surface area contributed by atoms with E-state index < -0.39 is 0 Å². The van der Waals surface area contributed by atoms with Crippen LogP contribution in [0.5, 0.6) is 0 Å².